The number of halogens is 1. The van der Waals surface area contributed by atoms with E-state index < -0.39 is 15.4 Å². The maximum atomic E-state index is 12.9. The van der Waals surface area contributed by atoms with Crippen LogP contribution in [-0.4, -0.2) is 18.2 Å². The van der Waals surface area contributed by atoms with Crippen molar-refractivity contribution in [3.05, 3.63) is 47.5 Å². The van der Waals surface area contributed by atoms with Crippen LogP contribution in [0.2, 0.25) is 0 Å². The Kier molecular flexibility index (Phi) is 5.15. The summed E-state index contributed by atoms with van der Waals surface area (Å²) in [6.07, 6.45) is 1.57. The maximum absolute atomic E-state index is 12.9. The molecule has 1 N–H and O–H groups in total. The summed E-state index contributed by atoms with van der Waals surface area (Å²) in [6.45, 7) is 9.78. The van der Waals surface area contributed by atoms with Gasteiger partial charge in [-0.1, -0.05) is 32.9 Å². The number of nitrogens with one attached hydrogen (secondary N) is 1. The lowest BCUT2D eigenvalue weighted by molar-refractivity contribution is 0.493. The monoisotopic (exact) mass is 353 g/mol. The first kappa shape index (κ1) is 18.6. The van der Waals surface area contributed by atoms with Gasteiger partial charge in [0.25, 0.3) is 0 Å². The second kappa shape index (κ2) is 6.64. The number of benzene rings is 1. The molecule has 1 heterocycles. The summed E-state index contributed by atoms with van der Waals surface area (Å²) < 4.78 is 42.6. The smallest absolute Gasteiger partial charge is 0.244 e. The maximum Gasteiger partial charge on any atom is 0.244 e. The van der Waals surface area contributed by atoms with Crippen molar-refractivity contribution in [1.82, 2.24) is 14.5 Å². The van der Waals surface area contributed by atoms with Gasteiger partial charge in [0, 0.05) is 24.2 Å². The molecule has 24 heavy (non-hydrogen) atoms. The summed E-state index contributed by atoms with van der Waals surface area (Å²) in [7, 11) is -3.72. The zero-order valence-electron chi connectivity index (χ0n) is 14.7. The number of hydrogen-bond donors (Lipinski definition) is 1. The van der Waals surface area contributed by atoms with Crippen LogP contribution < -0.4 is 4.72 Å². The van der Waals surface area contributed by atoms with E-state index in [1.165, 1.54) is 12.1 Å². The minimum absolute atomic E-state index is 0.0622. The highest BCUT2D eigenvalue weighted by Gasteiger charge is 2.30. The molecule has 1 aromatic heterocycles. The number of aromatic nitrogens is 2. The van der Waals surface area contributed by atoms with Crippen LogP contribution in [-0.2, 0) is 22.0 Å². The van der Waals surface area contributed by atoms with E-state index in [1.807, 2.05) is 34.6 Å². The summed E-state index contributed by atoms with van der Waals surface area (Å²) >= 11 is 0. The lowest BCUT2D eigenvalue weighted by atomic mass is 9.92. The molecule has 0 atom stereocenters. The van der Waals surface area contributed by atoms with Gasteiger partial charge in [-0.05, 0) is 31.5 Å². The molecular weight excluding hydrogens is 329 g/mol. The number of hydrogen-bond acceptors (Lipinski definition) is 3. The molecule has 0 unspecified atom stereocenters. The van der Waals surface area contributed by atoms with Gasteiger partial charge in [-0.2, -0.15) is 5.10 Å². The molecule has 7 heteroatoms. The van der Waals surface area contributed by atoms with Gasteiger partial charge in [0.1, 0.15) is 10.7 Å². The molecule has 0 radical (unpaired) electrons. The van der Waals surface area contributed by atoms with Crippen molar-refractivity contribution < 1.29 is 12.8 Å². The van der Waals surface area contributed by atoms with E-state index in [4.69, 9.17) is 0 Å². The molecule has 1 aromatic carbocycles. The Morgan fingerprint density at radius 2 is 1.79 bits per heavy atom. The molecule has 0 aliphatic rings. The summed E-state index contributed by atoms with van der Waals surface area (Å²) in [4.78, 5) is 0.186. The zero-order valence-corrected chi connectivity index (χ0v) is 15.5. The van der Waals surface area contributed by atoms with Gasteiger partial charge in [0.05, 0.1) is 5.69 Å². The van der Waals surface area contributed by atoms with E-state index in [-0.39, 0.29) is 23.3 Å². The van der Waals surface area contributed by atoms with E-state index in [1.54, 1.807) is 23.0 Å². The van der Waals surface area contributed by atoms with Gasteiger partial charge in [-0.15, -0.1) is 0 Å². The van der Waals surface area contributed by atoms with Crippen molar-refractivity contribution in [3.8, 4) is 0 Å². The van der Waals surface area contributed by atoms with E-state index >= 15 is 0 Å². The number of rotatable bonds is 5. The predicted molar refractivity (Wildman–Crippen MR) is 91.7 cm³/mol. The van der Waals surface area contributed by atoms with E-state index in [9.17, 15) is 12.8 Å². The van der Waals surface area contributed by atoms with Crippen LogP contribution in [0, 0.1) is 5.82 Å². The second-order valence-corrected chi connectivity index (χ2v) is 8.85. The minimum atomic E-state index is -3.72. The Labute approximate surface area is 142 Å². The average molecular weight is 353 g/mol. The molecule has 0 aliphatic heterocycles. The molecule has 0 bridgehead atoms. The van der Waals surface area contributed by atoms with Gasteiger partial charge >= 0.3 is 0 Å². The van der Waals surface area contributed by atoms with Crippen molar-refractivity contribution >= 4 is 10.0 Å². The molecule has 0 fully saturated rings. The fourth-order valence-corrected chi connectivity index (χ4v) is 3.57. The van der Waals surface area contributed by atoms with Crippen molar-refractivity contribution in [2.75, 3.05) is 0 Å². The van der Waals surface area contributed by atoms with Crippen LogP contribution in [0.1, 0.15) is 51.9 Å². The Hall–Kier alpha value is -1.73. The molecule has 2 aromatic rings. The SMILES string of the molecule is CC(C)n1cc(S(=O)(=O)NCc2ccc(F)cc2)c(C(C)(C)C)n1. The highest BCUT2D eigenvalue weighted by atomic mass is 32.2. The molecule has 0 saturated carbocycles. The molecule has 132 valence electrons. The van der Waals surface area contributed by atoms with Crippen LogP contribution in [0.5, 0.6) is 0 Å². The average Bonchev–Trinajstić information content (AvgIpc) is 2.93. The highest BCUT2D eigenvalue weighted by Crippen LogP contribution is 2.28. The highest BCUT2D eigenvalue weighted by molar-refractivity contribution is 7.89. The van der Waals surface area contributed by atoms with Gasteiger partial charge in [-0.25, -0.2) is 17.5 Å². The van der Waals surface area contributed by atoms with Crippen molar-refractivity contribution in [2.45, 2.75) is 57.5 Å². The Balaban J connectivity index is 2.32. The van der Waals surface area contributed by atoms with Gasteiger partial charge < -0.3 is 0 Å². The largest absolute Gasteiger partial charge is 0.269 e. The second-order valence-electron chi connectivity index (χ2n) is 7.12. The van der Waals surface area contributed by atoms with E-state index in [0.29, 0.717) is 11.3 Å². The van der Waals surface area contributed by atoms with E-state index in [0.717, 1.165) is 0 Å². The third kappa shape index (κ3) is 4.21. The lowest BCUT2D eigenvalue weighted by Crippen LogP contribution is -2.26. The summed E-state index contributed by atoms with van der Waals surface area (Å²) in [5, 5.41) is 4.46. The van der Waals surface area contributed by atoms with Crippen molar-refractivity contribution in [2.24, 2.45) is 0 Å². The van der Waals surface area contributed by atoms with Crippen molar-refractivity contribution in [1.29, 1.82) is 0 Å². The van der Waals surface area contributed by atoms with E-state index in [2.05, 4.69) is 9.82 Å². The Morgan fingerprint density at radius 3 is 2.29 bits per heavy atom. The van der Waals surface area contributed by atoms with Crippen LogP contribution in [0.3, 0.4) is 0 Å². The molecule has 2 rings (SSSR count). The molecule has 0 amide bonds. The topological polar surface area (TPSA) is 64.0 Å². The lowest BCUT2D eigenvalue weighted by Gasteiger charge is -2.17. The summed E-state index contributed by atoms with van der Waals surface area (Å²) in [6, 6.07) is 5.79. The fourth-order valence-electron chi connectivity index (χ4n) is 2.21. The van der Waals surface area contributed by atoms with Crippen molar-refractivity contribution in [3.63, 3.8) is 0 Å². The quantitative estimate of drug-likeness (QED) is 0.896. The van der Waals surface area contributed by atoms with Gasteiger partial charge in [-0.3, -0.25) is 4.68 Å². The first-order valence-corrected chi connectivity index (χ1v) is 9.33. The normalized spacial score (nSPS) is 12.8. The number of nitrogens with zero attached hydrogens (tertiary/aromatic N) is 2. The van der Waals surface area contributed by atoms with Crippen LogP contribution >= 0.6 is 0 Å². The molecule has 0 spiro atoms. The molecule has 0 saturated heterocycles. The number of sulfonamides is 1. The van der Waals surface area contributed by atoms with Crippen LogP contribution in [0.25, 0.3) is 0 Å². The third-order valence-electron chi connectivity index (χ3n) is 3.61. The Morgan fingerprint density at radius 1 is 1.21 bits per heavy atom. The first-order chi connectivity index (χ1) is 11.0. The van der Waals surface area contributed by atoms with Crippen LogP contribution in [0.15, 0.2) is 35.4 Å². The minimum Gasteiger partial charge on any atom is -0.269 e. The molecular formula is C17H24FN3O2S. The summed E-state index contributed by atoms with van der Waals surface area (Å²) in [5.41, 5.74) is 0.816. The fraction of sp³-hybridized carbons (Fsp3) is 0.471. The van der Waals surface area contributed by atoms with Gasteiger partial charge in [0.2, 0.25) is 10.0 Å². The van der Waals surface area contributed by atoms with Crippen LogP contribution in [0.4, 0.5) is 4.39 Å². The van der Waals surface area contributed by atoms with Gasteiger partial charge in [0.15, 0.2) is 0 Å². The molecule has 0 aliphatic carbocycles. The standard InChI is InChI=1S/C17H24FN3O2S/c1-12(2)21-11-15(16(20-21)17(3,4)5)24(22,23)19-10-13-6-8-14(18)9-7-13/h6-9,11-12,19H,10H2,1-5H3. The molecule has 5 nitrogen and oxygen atoms in total. The third-order valence-corrected chi connectivity index (χ3v) is 5.01. The first-order valence-electron chi connectivity index (χ1n) is 7.84. The Bertz CT molecular complexity index is 803. The summed E-state index contributed by atoms with van der Waals surface area (Å²) in [5.74, 6) is -0.352. The predicted octanol–water partition coefficient (Wildman–Crippen LogP) is 3.38. The zero-order chi connectivity index (χ0) is 18.1.